The van der Waals surface area contributed by atoms with Crippen LogP contribution in [0.25, 0.3) is 10.1 Å². The van der Waals surface area contributed by atoms with Crippen LogP contribution in [0, 0.1) is 0 Å². The zero-order valence-corrected chi connectivity index (χ0v) is 13.5. The highest BCUT2D eigenvalue weighted by Gasteiger charge is 2.15. The van der Waals surface area contributed by atoms with Crippen LogP contribution in [0.1, 0.15) is 11.8 Å². The van der Waals surface area contributed by atoms with Gasteiger partial charge < -0.3 is 10.5 Å². The molecular formula is C14H16ClNO2S2. The Hall–Kier alpha value is -0.750. The fourth-order valence-electron chi connectivity index (χ4n) is 1.75. The van der Waals surface area contributed by atoms with E-state index >= 15 is 0 Å². The van der Waals surface area contributed by atoms with Crippen LogP contribution in [0.3, 0.4) is 0 Å². The molecule has 6 heteroatoms. The molecule has 1 heterocycles. The molecule has 2 rings (SSSR count). The van der Waals surface area contributed by atoms with Gasteiger partial charge in [-0.3, -0.25) is 4.79 Å². The zero-order chi connectivity index (χ0) is 14.5. The molecule has 0 amide bonds. The summed E-state index contributed by atoms with van der Waals surface area (Å²) < 4.78 is 6.06. The molecule has 0 aliphatic carbocycles. The van der Waals surface area contributed by atoms with Gasteiger partial charge in [-0.15, -0.1) is 11.3 Å². The second kappa shape index (κ2) is 7.31. The molecule has 2 aromatic rings. The van der Waals surface area contributed by atoms with E-state index in [4.69, 9.17) is 22.1 Å². The van der Waals surface area contributed by atoms with Crippen molar-refractivity contribution in [3.05, 3.63) is 34.2 Å². The van der Waals surface area contributed by atoms with E-state index < -0.39 is 6.04 Å². The van der Waals surface area contributed by atoms with Gasteiger partial charge in [0.15, 0.2) is 0 Å². The van der Waals surface area contributed by atoms with Gasteiger partial charge in [0.05, 0.1) is 11.6 Å². The van der Waals surface area contributed by atoms with Crippen LogP contribution in [-0.2, 0) is 15.3 Å². The van der Waals surface area contributed by atoms with Crippen molar-refractivity contribution in [2.45, 2.75) is 18.7 Å². The number of hydrogen-bond donors (Lipinski definition) is 1. The normalized spacial score (nSPS) is 12.6. The molecule has 1 unspecified atom stereocenters. The maximum absolute atomic E-state index is 11.4. The largest absolute Gasteiger partial charge is 0.465 e. The van der Waals surface area contributed by atoms with E-state index in [9.17, 15) is 4.79 Å². The molecule has 0 saturated carbocycles. The summed E-state index contributed by atoms with van der Waals surface area (Å²) in [5, 5.41) is 1.90. The third kappa shape index (κ3) is 3.67. The third-order valence-corrected chi connectivity index (χ3v) is 5.71. The maximum atomic E-state index is 11.4. The molecule has 1 aromatic heterocycles. The van der Waals surface area contributed by atoms with Crippen LogP contribution in [-0.4, -0.2) is 24.4 Å². The number of nitrogens with two attached hydrogens (primary N) is 1. The number of fused-ring (bicyclic) bond motifs is 1. The summed E-state index contributed by atoms with van der Waals surface area (Å²) in [5.41, 5.74) is 5.76. The van der Waals surface area contributed by atoms with Crippen molar-refractivity contribution in [3.63, 3.8) is 0 Å². The summed E-state index contributed by atoms with van der Waals surface area (Å²) in [5.74, 6) is 0.941. The van der Waals surface area contributed by atoms with Crippen LogP contribution in [0.5, 0.6) is 0 Å². The number of thiophene rings is 1. The molecule has 20 heavy (non-hydrogen) atoms. The minimum absolute atomic E-state index is 0.345. The first kappa shape index (κ1) is 15.6. The van der Waals surface area contributed by atoms with Gasteiger partial charge in [0.25, 0.3) is 0 Å². The van der Waals surface area contributed by atoms with Crippen molar-refractivity contribution in [1.82, 2.24) is 0 Å². The van der Waals surface area contributed by atoms with Crippen LogP contribution in [0.4, 0.5) is 0 Å². The van der Waals surface area contributed by atoms with Gasteiger partial charge in [0.1, 0.15) is 6.04 Å². The molecule has 0 radical (unpaired) electrons. The molecule has 0 aliphatic rings. The first-order valence-electron chi connectivity index (χ1n) is 6.29. The Morgan fingerprint density at radius 2 is 2.25 bits per heavy atom. The van der Waals surface area contributed by atoms with E-state index in [1.807, 2.05) is 18.2 Å². The van der Waals surface area contributed by atoms with Gasteiger partial charge >= 0.3 is 5.97 Å². The van der Waals surface area contributed by atoms with Crippen molar-refractivity contribution < 1.29 is 9.53 Å². The molecular weight excluding hydrogens is 314 g/mol. The third-order valence-electron chi connectivity index (χ3n) is 2.72. The number of rotatable bonds is 6. The molecule has 0 spiro atoms. The fourth-order valence-corrected chi connectivity index (χ4v) is 4.45. The highest BCUT2D eigenvalue weighted by atomic mass is 35.5. The lowest BCUT2D eigenvalue weighted by Crippen LogP contribution is -2.34. The van der Waals surface area contributed by atoms with E-state index in [2.05, 4.69) is 6.07 Å². The number of hydrogen-bond acceptors (Lipinski definition) is 5. The van der Waals surface area contributed by atoms with Crippen LogP contribution in [0.2, 0.25) is 5.02 Å². The summed E-state index contributed by atoms with van der Waals surface area (Å²) >= 11 is 9.64. The molecule has 0 saturated heterocycles. The van der Waals surface area contributed by atoms with Gasteiger partial charge in [0, 0.05) is 26.5 Å². The summed E-state index contributed by atoms with van der Waals surface area (Å²) in [6.07, 6.45) is 0. The molecule has 0 aliphatic heterocycles. The predicted molar refractivity (Wildman–Crippen MR) is 87.6 cm³/mol. The van der Waals surface area contributed by atoms with Crippen molar-refractivity contribution >= 4 is 50.8 Å². The number of ether oxygens (including phenoxy) is 1. The number of carbonyl (C=O) groups is 1. The Bertz CT molecular complexity index is 600. The van der Waals surface area contributed by atoms with Crippen LogP contribution >= 0.6 is 34.7 Å². The molecule has 1 aromatic carbocycles. The van der Waals surface area contributed by atoms with Crippen LogP contribution < -0.4 is 5.73 Å². The molecule has 0 bridgehead atoms. The van der Waals surface area contributed by atoms with Gasteiger partial charge in [-0.2, -0.15) is 11.8 Å². The molecule has 0 fully saturated rings. The Morgan fingerprint density at radius 1 is 1.50 bits per heavy atom. The lowest BCUT2D eigenvalue weighted by atomic mass is 10.2. The van der Waals surface area contributed by atoms with Gasteiger partial charge in [-0.1, -0.05) is 29.8 Å². The molecule has 2 N–H and O–H groups in total. The Balaban J connectivity index is 1.93. The quantitative estimate of drug-likeness (QED) is 0.821. The average molecular weight is 330 g/mol. The summed E-state index contributed by atoms with van der Waals surface area (Å²) in [4.78, 5) is 12.5. The number of halogens is 1. The topological polar surface area (TPSA) is 52.3 Å². The van der Waals surface area contributed by atoms with Crippen molar-refractivity contribution in [2.75, 3.05) is 12.4 Å². The highest BCUT2D eigenvalue weighted by molar-refractivity contribution is 7.98. The predicted octanol–water partition coefficient (Wildman–Crippen LogP) is 3.68. The number of carbonyl (C=O) groups excluding carboxylic acids is 1. The Labute approximate surface area is 131 Å². The molecule has 3 nitrogen and oxygen atoms in total. The molecule has 108 valence electrons. The maximum Gasteiger partial charge on any atom is 0.323 e. The first-order chi connectivity index (χ1) is 9.63. The average Bonchev–Trinajstić information content (AvgIpc) is 2.76. The number of esters is 1. The second-order valence-electron chi connectivity index (χ2n) is 4.21. The summed E-state index contributed by atoms with van der Waals surface area (Å²) in [6.45, 7) is 2.13. The summed E-state index contributed by atoms with van der Waals surface area (Å²) in [6, 6.07) is 7.49. The Morgan fingerprint density at radius 3 is 2.95 bits per heavy atom. The first-order valence-corrected chi connectivity index (χ1v) is 8.64. The SMILES string of the molecule is CCOC(=O)C(N)CSCc1sc2ccccc2c1Cl. The van der Waals surface area contributed by atoms with E-state index in [1.165, 1.54) is 4.70 Å². The number of benzene rings is 1. The van der Waals surface area contributed by atoms with E-state index in [1.54, 1.807) is 30.0 Å². The zero-order valence-electron chi connectivity index (χ0n) is 11.1. The van der Waals surface area contributed by atoms with Gasteiger partial charge in [0.2, 0.25) is 0 Å². The second-order valence-corrected chi connectivity index (χ2v) is 6.75. The number of thioether (sulfide) groups is 1. The monoisotopic (exact) mass is 329 g/mol. The van der Waals surface area contributed by atoms with E-state index in [-0.39, 0.29) is 5.97 Å². The van der Waals surface area contributed by atoms with Crippen molar-refractivity contribution in [3.8, 4) is 0 Å². The highest BCUT2D eigenvalue weighted by Crippen LogP contribution is 2.37. The van der Waals surface area contributed by atoms with E-state index in [0.717, 1.165) is 21.0 Å². The summed E-state index contributed by atoms with van der Waals surface area (Å²) in [7, 11) is 0. The minimum Gasteiger partial charge on any atom is -0.465 e. The van der Waals surface area contributed by atoms with Crippen LogP contribution in [0.15, 0.2) is 24.3 Å². The van der Waals surface area contributed by atoms with E-state index in [0.29, 0.717) is 12.4 Å². The van der Waals surface area contributed by atoms with Crippen molar-refractivity contribution in [1.29, 1.82) is 0 Å². The minimum atomic E-state index is -0.576. The lowest BCUT2D eigenvalue weighted by molar-refractivity contribution is -0.144. The Kier molecular flexibility index (Phi) is 5.72. The lowest BCUT2D eigenvalue weighted by Gasteiger charge is -2.09. The smallest absolute Gasteiger partial charge is 0.323 e. The van der Waals surface area contributed by atoms with Gasteiger partial charge in [-0.05, 0) is 13.0 Å². The van der Waals surface area contributed by atoms with Gasteiger partial charge in [-0.25, -0.2) is 0 Å². The van der Waals surface area contributed by atoms with Crippen molar-refractivity contribution in [2.24, 2.45) is 5.73 Å². The fraction of sp³-hybridized carbons (Fsp3) is 0.357. The standard InChI is InChI=1S/C14H16ClNO2S2/c1-2-18-14(17)10(16)7-19-8-12-13(15)9-5-3-4-6-11(9)20-12/h3-6,10H,2,7-8,16H2,1H3. The molecule has 1 atom stereocenters.